The molecule has 1 aromatic rings. The fraction of sp³-hybridized carbons (Fsp3) is 0.562. The summed E-state index contributed by atoms with van der Waals surface area (Å²) in [5.41, 5.74) is 2.49. The lowest BCUT2D eigenvalue weighted by molar-refractivity contribution is 0.0342. The SMILES string of the molecule is O=C(O)N1CCN(c2ccc(CN3CCOCC3)cc2)CC1. The molecule has 1 amide bonds. The van der Waals surface area contributed by atoms with Gasteiger partial charge in [-0.3, -0.25) is 4.90 Å². The number of rotatable bonds is 3. The van der Waals surface area contributed by atoms with Crippen LogP contribution in [-0.2, 0) is 11.3 Å². The van der Waals surface area contributed by atoms with Crippen molar-refractivity contribution in [2.24, 2.45) is 0 Å². The van der Waals surface area contributed by atoms with Gasteiger partial charge in [0.25, 0.3) is 0 Å². The van der Waals surface area contributed by atoms with Crippen LogP contribution in [0.3, 0.4) is 0 Å². The lowest BCUT2D eigenvalue weighted by Gasteiger charge is -2.34. The Kier molecular flexibility index (Phi) is 4.80. The highest BCUT2D eigenvalue weighted by atomic mass is 16.5. The van der Waals surface area contributed by atoms with Gasteiger partial charge in [0, 0.05) is 51.5 Å². The van der Waals surface area contributed by atoms with Crippen molar-refractivity contribution in [2.45, 2.75) is 6.54 Å². The van der Waals surface area contributed by atoms with Crippen LogP contribution in [0.25, 0.3) is 0 Å². The lowest BCUT2D eigenvalue weighted by atomic mass is 10.1. The van der Waals surface area contributed by atoms with Gasteiger partial charge in [0.1, 0.15) is 0 Å². The number of benzene rings is 1. The highest BCUT2D eigenvalue weighted by Crippen LogP contribution is 2.18. The second-order valence-corrected chi connectivity index (χ2v) is 5.81. The maximum atomic E-state index is 10.9. The Morgan fingerprint density at radius 3 is 2.23 bits per heavy atom. The summed E-state index contributed by atoms with van der Waals surface area (Å²) in [5, 5.41) is 8.98. The van der Waals surface area contributed by atoms with E-state index in [0.717, 1.165) is 45.9 Å². The van der Waals surface area contributed by atoms with Gasteiger partial charge < -0.3 is 19.6 Å². The second-order valence-electron chi connectivity index (χ2n) is 5.81. The number of hydrogen-bond acceptors (Lipinski definition) is 4. The number of morpholine rings is 1. The number of carbonyl (C=O) groups is 1. The van der Waals surface area contributed by atoms with Gasteiger partial charge in [-0.1, -0.05) is 12.1 Å². The molecule has 0 atom stereocenters. The monoisotopic (exact) mass is 305 g/mol. The number of ether oxygens (including phenoxy) is 1. The highest BCUT2D eigenvalue weighted by molar-refractivity contribution is 5.65. The van der Waals surface area contributed by atoms with Gasteiger partial charge in [-0.15, -0.1) is 0 Å². The first-order valence-electron chi connectivity index (χ1n) is 7.84. The Morgan fingerprint density at radius 1 is 1.00 bits per heavy atom. The molecule has 1 N–H and O–H groups in total. The van der Waals surface area contributed by atoms with Crippen LogP contribution >= 0.6 is 0 Å². The molecule has 120 valence electrons. The van der Waals surface area contributed by atoms with E-state index in [9.17, 15) is 4.79 Å². The summed E-state index contributed by atoms with van der Waals surface area (Å²) in [6.07, 6.45) is -0.819. The average Bonchev–Trinajstić information content (AvgIpc) is 2.57. The molecule has 3 rings (SSSR count). The Bertz CT molecular complexity index is 492. The third-order valence-corrected chi connectivity index (χ3v) is 4.36. The Labute approximate surface area is 130 Å². The van der Waals surface area contributed by atoms with Gasteiger partial charge in [0.2, 0.25) is 0 Å². The van der Waals surface area contributed by atoms with E-state index in [2.05, 4.69) is 34.1 Å². The lowest BCUT2D eigenvalue weighted by Crippen LogP contribution is -2.48. The van der Waals surface area contributed by atoms with Crippen LogP contribution in [0.2, 0.25) is 0 Å². The molecule has 0 radical (unpaired) electrons. The molecule has 0 unspecified atom stereocenters. The first-order valence-corrected chi connectivity index (χ1v) is 7.84. The van der Waals surface area contributed by atoms with E-state index in [1.54, 1.807) is 0 Å². The van der Waals surface area contributed by atoms with Crippen molar-refractivity contribution in [1.82, 2.24) is 9.80 Å². The molecular formula is C16H23N3O3. The molecule has 6 heteroatoms. The van der Waals surface area contributed by atoms with E-state index in [1.807, 2.05) is 0 Å². The maximum absolute atomic E-state index is 10.9. The second kappa shape index (κ2) is 6.98. The molecule has 6 nitrogen and oxygen atoms in total. The fourth-order valence-corrected chi connectivity index (χ4v) is 2.99. The van der Waals surface area contributed by atoms with Gasteiger partial charge >= 0.3 is 6.09 Å². The minimum absolute atomic E-state index is 0.574. The summed E-state index contributed by atoms with van der Waals surface area (Å²) in [7, 11) is 0. The number of piperazine rings is 1. The highest BCUT2D eigenvalue weighted by Gasteiger charge is 2.20. The van der Waals surface area contributed by atoms with Crippen LogP contribution in [0.4, 0.5) is 10.5 Å². The Morgan fingerprint density at radius 2 is 1.64 bits per heavy atom. The molecule has 0 spiro atoms. The Balaban J connectivity index is 1.54. The van der Waals surface area contributed by atoms with E-state index < -0.39 is 6.09 Å². The normalized spacial score (nSPS) is 20.2. The molecule has 2 heterocycles. The third kappa shape index (κ3) is 3.69. The molecule has 2 fully saturated rings. The van der Waals surface area contributed by atoms with Gasteiger partial charge in [-0.2, -0.15) is 0 Å². The maximum Gasteiger partial charge on any atom is 0.407 e. The number of nitrogens with zero attached hydrogens (tertiary/aromatic N) is 3. The Hall–Kier alpha value is -1.79. The fourth-order valence-electron chi connectivity index (χ4n) is 2.99. The molecule has 2 aliphatic rings. The van der Waals surface area contributed by atoms with Crippen LogP contribution in [0.5, 0.6) is 0 Å². The third-order valence-electron chi connectivity index (χ3n) is 4.36. The summed E-state index contributed by atoms with van der Waals surface area (Å²) in [5.74, 6) is 0. The van der Waals surface area contributed by atoms with E-state index in [-0.39, 0.29) is 0 Å². The van der Waals surface area contributed by atoms with Gasteiger partial charge in [-0.25, -0.2) is 4.79 Å². The van der Waals surface area contributed by atoms with Crippen molar-refractivity contribution in [3.8, 4) is 0 Å². The van der Waals surface area contributed by atoms with Crippen LogP contribution in [-0.4, -0.2) is 73.5 Å². The average molecular weight is 305 g/mol. The number of amides is 1. The zero-order chi connectivity index (χ0) is 15.4. The topological polar surface area (TPSA) is 56.2 Å². The van der Waals surface area contributed by atoms with Crippen LogP contribution in [0.1, 0.15) is 5.56 Å². The summed E-state index contributed by atoms with van der Waals surface area (Å²) in [4.78, 5) is 17.1. The smallest absolute Gasteiger partial charge is 0.407 e. The van der Waals surface area contributed by atoms with Crippen LogP contribution in [0, 0.1) is 0 Å². The van der Waals surface area contributed by atoms with Crippen LogP contribution < -0.4 is 4.90 Å². The van der Waals surface area contributed by atoms with E-state index >= 15 is 0 Å². The molecule has 0 saturated carbocycles. The predicted molar refractivity (Wildman–Crippen MR) is 84.3 cm³/mol. The molecule has 1 aromatic carbocycles. The number of anilines is 1. The summed E-state index contributed by atoms with van der Waals surface area (Å²) >= 11 is 0. The minimum Gasteiger partial charge on any atom is -0.465 e. The molecule has 22 heavy (non-hydrogen) atoms. The van der Waals surface area contributed by atoms with Crippen molar-refractivity contribution in [1.29, 1.82) is 0 Å². The van der Waals surface area contributed by atoms with Gasteiger partial charge in [-0.05, 0) is 17.7 Å². The zero-order valence-corrected chi connectivity index (χ0v) is 12.8. The molecule has 0 aromatic heterocycles. The van der Waals surface area contributed by atoms with Crippen molar-refractivity contribution >= 4 is 11.8 Å². The molecular weight excluding hydrogens is 282 g/mol. The minimum atomic E-state index is -0.819. The number of hydrogen-bond donors (Lipinski definition) is 1. The molecule has 0 bridgehead atoms. The standard InChI is InChI=1S/C16H23N3O3/c20-16(21)19-7-5-18(6-8-19)15-3-1-14(2-4-15)13-17-9-11-22-12-10-17/h1-4H,5-13H2,(H,20,21). The van der Waals surface area contributed by atoms with E-state index in [0.29, 0.717) is 13.1 Å². The first-order chi connectivity index (χ1) is 10.7. The van der Waals surface area contributed by atoms with E-state index in [4.69, 9.17) is 9.84 Å². The van der Waals surface area contributed by atoms with Crippen molar-refractivity contribution in [3.05, 3.63) is 29.8 Å². The van der Waals surface area contributed by atoms with Crippen molar-refractivity contribution in [2.75, 3.05) is 57.4 Å². The summed E-state index contributed by atoms with van der Waals surface area (Å²) in [6, 6.07) is 8.64. The quantitative estimate of drug-likeness (QED) is 0.913. The van der Waals surface area contributed by atoms with Crippen molar-refractivity contribution < 1.29 is 14.6 Å². The number of carboxylic acid groups (broad SMARTS) is 1. The van der Waals surface area contributed by atoms with E-state index in [1.165, 1.54) is 16.2 Å². The van der Waals surface area contributed by atoms with Crippen LogP contribution in [0.15, 0.2) is 24.3 Å². The van der Waals surface area contributed by atoms with Gasteiger partial charge in [0.05, 0.1) is 13.2 Å². The summed E-state index contributed by atoms with van der Waals surface area (Å²) < 4.78 is 5.37. The largest absolute Gasteiger partial charge is 0.465 e. The van der Waals surface area contributed by atoms with Gasteiger partial charge in [0.15, 0.2) is 0 Å². The van der Waals surface area contributed by atoms with Crippen molar-refractivity contribution in [3.63, 3.8) is 0 Å². The summed E-state index contributed by atoms with van der Waals surface area (Å²) in [6.45, 7) is 7.28. The predicted octanol–water partition coefficient (Wildman–Crippen LogP) is 1.32. The first kappa shape index (κ1) is 15.1. The molecule has 0 aliphatic carbocycles. The molecule has 2 aliphatic heterocycles. The molecule has 2 saturated heterocycles. The zero-order valence-electron chi connectivity index (χ0n) is 12.8.